The topological polar surface area (TPSA) is 93.7 Å². The molecular weight excluding hydrogens is 464 g/mol. The van der Waals surface area contributed by atoms with Crippen molar-refractivity contribution >= 4 is 27.5 Å². The van der Waals surface area contributed by atoms with Gasteiger partial charge in [0.05, 0.1) is 17.2 Å². The smallest absolute Gasteiger partial charge is 0.251 e. The van der Waals surface area contributed by atoms with Crippen LogP contribution < -0.4 is 14.8 Å². The van der Waals surface area contributed by atoms with Crippen molar-refractivity contribution in [2.45, 2.75) is 62.2 Å². The number of carbonyl (C=O) groups excluding carboxylic acids is 1. The van der Waals surface area contributed by atoms with Crippen molar-refractivity contribution in [3.63, 3.8) is 0 Å². The van der Waals surface area contributed by atoms with Gasteiger partial charge in [-0.25, -0.2) is 13.1 Å². The molecule has 1 atom stereocenters. The molecule has 0 aromatic heterocycles. The van der Waals surface area contributed by atoms with Crippen molar-refractivity contribution in [1.29, 1.82) is 0 Å². The van der Waals surface area contributed by atoms with Gasteiger partial charge < -0.3 is 14.8 Å². The molecule has 1 aliphatic carbocycles. The van der Waals surface area contributed by atoms with Gasteiger partial charge in [-0.2, -0.15) is 0 Å². The van der Waals surface area contributed by atoms with Gasteiger partial charge in [0.1, 0.15) is 10.6 Å². The highest BCUT2D eigenvalue weighted by Gasteiger charge is 2.24. The number of ether oxygens (including phenoxy) is 2. The Morgan fingerprint density at radius 1 is 1.09 bits per heavy atom. The summed E-state index contributed by atoms with van der Waals surface area (Å²) in [5, 5.41) is 2.92. The van der Waals surface area contributed by atoms with Crippen LogP contribution in [-0.2, 0) is 21.3 Å². The Morgan fingerprint density at radius 3 is 2.64 bits per heavy atom. The number of hydrogen-bond donors (Lipinski definition) is 2. The third kappa shape index (κ3) is 6.26. The minimum Gasteiger partial charge on any atom is -0.490 e. The first-order valence-corrected chi connectivity index (χ1v) is 13.2. The average Bonchev–Trinajstić information content (AvgIpc) is 3.51. The van der Waals surface area contributed by atoms with Crippen LogP contribution in [0.1, 0.15) is 54.4 Å². The third-order valence-electron chi connectivity index (χ3n) is 6.02. The number of halogens is 1. The van der Waals surface area contributed by atoms with Gasteiger partial charge in [0.25, 0.3) is 5.91 Å². The maximum atomic E-state index is 12.8. The van der Waals surface area contributed by atoms with Crippen LogP contribution in [0.5, 0.6) is 5.75 Å². The Hall–Kier alpha value is -2.13. The summed E-state index contributed by atoms with van der Waals surface area (Å²) in [7, 11) is -3.88. The number of nitrogens with one attached hydrogen (secondary N) is 2. The summed E-state index contributed by atoms with van der Waals surface area (Å²) in [5.74, 6) is 0.375. The van der Waals surface area contributed by atoms with E-state index in [9.17, 15) is 13.2 Å². The van der Waals surface area contributed by atoms with E-state index in [0.29, 0.717) is 6.61 Å². The van der Waals surface area contributed by atoms with Gasteiger partial charge >= 0.3 is 0 Å². The van der Waals surface area contributed by atoms with Crippen molar-refractivity contribution in [3.05, 3.63) is 58.6 Å². The van der Waals surface area contributed by atoms with Crippen molar-refractivity contribution in [3.8, 4) is 5.75 Å². The molecule has 33 heavy (non-hydrogen) atoms. The summed E-state index contributed by atoms with van der Waals surface area (Å²) in [6.45, 7) is 1.08. The predicted octanol–water partition coefficient (Wildman–Crippen LogP) is 4.05. The molecule has 0 spiro atoms. The van der Waals surface area contributed by atoms with Crippen molar-refractivity contribution in [1.82, 2.24) is 10.0 Å². The van der Waals surface area contributed by atoms with Crippen LogP contribution >= 0.6 is 11.6 Å². The highest BCUT2D eigenvalue weighted by atomic mass is 35.5. The summed E-state index contributed by atoms with van der Waals surface area (Å²) in [5.41, 5.74) is 1.09. The molecule has 1 heterocycles. The zero-order chi connectivity index (χ0) is 23.3. The first kappa shape index (κ1) is 24.0. The van der Waals surface area contributed by atoms with E-state index < -0.39 is 15.9 Å². The lowest BCUT2D eigenvalue weighted by atomic mass is 10.1. The SMILES string of the molecule is O=C(NCc1ccccc1OC1CCCC1)c1ccc(Cl)c(S(=O)(=O)NCC2CCCO2)c1. The summed E-state index contributed by atoms with van der Waals surface area (Å²) >= 11 is 6.16. The molecule has 9 heteroatoms. The molecule has 1 saturated carbocycles. The van der Waals surface area contributed by atoms with E-state index in [0.717, 1.165) is 37.0 Å². The number of amides is 1. The van der Waals surface area contributed by atoms with E-state index in [4.69, 9.17) is 21.1 Å². The van der Waals surface area contributed by atoms with Crippen LogP contribution in [0.3, 0.4) is 0 Å². The molecule has 2 fully saturated rings. The maximum Gasteiger partial charge on any atom is 0.251 e. The van der Waals surface area contributed by atoms with Gasteiger partial charge in [-0.1, -0.05) is 29.8 Å². The number of rotatable bonds is 9. The van der Waals surface area contributed by atoms with Crippen LogP contribution in [0.4, 0.5) is 0 Å². The van der Waals surface area contributed by atoms with Crippen molar-refractivity contribution in [2.75, 3.05) is 13.2 Å². The number of carbonyl (C=O) groups is 1. The molecule has 1 amide bonds. The molecule has 2 aliphatic rings. The van der Waals surface area contributed by atoms with Crippen LogP contribution in [0.2, 0.25) is 5.02 Å². The largest absolute Gasteiger partial charge is 0.490 e. The second-order valence-electron chi connectivity index (χ2n) is 8.45. The zero-order valence-corrected chi connectivity index (χ0v) is 20.0. The predicted molar refractivity (Wildman–Crippen MR) is 126 cm³/mol. The van der Waals surface area contributed by atoms with Gasteiger partial charge in [0.15, 0.2) is 0 Å². The van der Waals surface area contributed by atoms with Gasteiger partial charge in [0, 0.05) is 30.8 Å². The van der Waals surface area contributed by atoms with Gasteiger partial charge in [-0.05, 0) is 62.8 Å². The lowest BCUT2D eigenvalue weighted by Gasteiger charge is -2.17. The normalized spacial score (nSPS) is 19.0. The molecule has 1 unspecified atom stereocenters. The summed E-state index contributed by atoms with van der Waals surface area (Å²) < 4.78 is 39.7. The quantitative estimate of drug-likeness (QED) is 0.550. The highest BCUT2D eigenvalue weighted by molar-refractivity contribution is 7.89. The van der Waals surface area contributed by atoms with Crippen LogP contribution in [0, 0.1) is 0 Å². The highest BCUT2D eigenvalue weighted by Crippen LogP contribution is 2.27. The molecule has 2 aromatic rings. The molecule has 2 aromatic carbocycles. The van der Waals surface area contributed by atoms with Gasteiger partial charge in [-0.15, -0.1) is 0 Å². The first-order chi connectivity index (χ1) is 15.9. The lowest BCUT2D eigenvalue weighted by molar-refractivity contribution is 0.0950. The first-order valence-electron chi connectivity index (χ1n) is 11.4. The minimum absolute atomic E-state index is 0.0571. The Balaban J connectivity index is 1.42. The Morgan fingerprint density at radius 2 is 1.88 bits per heavy atom. The average molecular weight is 493 g/mol. The molecule has 2 N–H and O–H groups in total. The number of sulfonamides is 1. The fraction of sp³-hybridized carbons (Fsp3) is 0.458. The van der Waals surface area contributed by atoms with E-state index >= 15 is 0 Å². The number of para-hydroxylation sites is 1. The Labute approximate surface area is 199 Å². The summed E-state index contributed by atoms with van der Waals surface area (Å²) in [6.07, 6.45) is 6.24. The second kappa shape index (κ2) is 10.9. The van der Waals surface area contributed by atoms with Crippen LogP contribution in [0.25, 0.3) is 0 Å². The lowest BCUT2D eigenvalue weighted by Crippen LogP contribution is -2.32. The molecule has 1 saturated heterocycles. The number of hydrogen-bond acceptors (Lipinski definition) is 5. The molecule has 7 nitrogen and oxygen atoms in total. The molecule has 4 rings (SSSR count). The number of benzene rings is 2. The summed E-state index contributed by atoms with van der Waals surface area (Å²) in [4.78, 5) is 12.7. The zero-order valence-electron chi connectivity index (χ0n) is 18.4. The second-order valence-corrected chi connectivity index (χ2v) is 10.6. The fourth-order valence-electron chi connectivity index (χ4n) is 4.16. The van der Waals surface area contributed by atoms with Gasteiger partial charge in [0.2, 0.25) is 10.0 Å². The van der Waals surface area contributed by atoms with Crippen LogP contribution in [0.15, 0.2) is 47.4 Å². The van der Waals surface area contributed by atoms with Crippen molar-refractivity contribution < 1.29 is 22.7 Å². The van der Waals surface area contributed by atoms with E-state index in [1.54, 1.807) is 0 Å². The molecular formula is C24H29ClN2O5S. The van der Waals surface area contributed by atoms with Crippen molar-refractivity contribution in [2.24, 2.45) is 0 Å². The van der Waals surface area contributed by atoms with Gasteiger partial charge in [-0.3, -0.25) is 4.79 Å². The third-order valence-corrected chi connectivity index (χ3v) is 7.92. The van der Waals surface area contributed by atoms with E-state index in [1.165, 1.54) is 31.0 Å². The minimum atomic E-state index is -3.88. The molecule has 178 valence electrons. The van der Waals surface area contributed by atoms with E-state index in [-0.39, 0.29) is 40.8 Å². The Kier molecular flexibility index (Phi) is 7.90. The fourth-order valence-corrected chi connectivity index (χ4v) is 5.75. The summed E-state index contributed by atoms with van der Waals surface area (Å²) in [6, 6.07) is 11.9. The molecule has 0 radical (unpaired) electrons. The van der Waals surface area contributed by atoms with E-state index in [1.807, 2.05) is 24.3 Å². The molecule has 0 bridgehead atoms. The Bertz CT molecular complexity index is 1080. The standard InChI is InChI=1S/C24H29ClN2O5S/c25-21-12-11-17(14-23(21)33(29,30)27-16-20-9-5-13-31-20)24(28)26-15-18-6-1-4-10-22(18)32-19-7-2-3-8-19/h1,4,6,10-12,14,19-20,27H,2-3,5,7-9,13,15-16H2,(H,26,28). The molecule has 1 aliphatic heterocycles. The monoisotopic (exact) mass is 492 g/mol. The maximum absolute atomic E-state index is 12.8. The van der Waals surface area contributed by atoms with E-state index in [2.05, 4.69) is 10.0 Å². The van der Waals surface area contributed by atoms with Crippen LogP contribution in [-0.4, -0.2) is 39.7 Å².